The molecule has 696 valence electrons. The molecule has 0 spiro atoms. The molecule has 0 radical (unpaired) electrons. The molecular weight excluding hydrogens is 2040 g/mol. The van der Waals surface area contributed by atoms with Gasteiger partial charge in [-0.25, -0.2) is 0 Å². The Morgan fingerprint density at radius 1 is 0.457 bits per heavy atom. The Morgan fingerprint density at radius 3 is 1.30 bits per heavy atom. The highest BCUT2D eigenvalue weighted by molar-refractivity contribution is 8.26. The maximum absolute atomic E-state index is 10.8. The number of esters is 2. The number of aryl methyl sites for hydroxylation is 2. The van der Waals surface area contributed by atoms with Crippen molar-refractivity contribution in [3.05, 3.63) is 236 Å². The van der Waals surface area contributed by atoms with Crippen LogP contribution in [0.15, 0.2) is 170 Å². The number of benzene rings is 6. The molecule has 0 atom stereocenters. The second-order valence-electron chi connectivity index (χ2n) is 25.0. The van der Waals surface area contributed by atoms with Crippen LogP contribution in [0.5, 0.6) is 0 Å². The fourth-order valence-electron chi connectivity index (χ4n) is 7.54. The van der Waals surface area contributed by atoms with E-state index < -0.39 is 0 Å². The molecule has 1 aliphatic rings. The van der Waals surface area contributed by atoms with Gasteiger partial charge in [0.1, 0.15) is 0 Å². The summed E-state index contributed by atoms with van der Waals surface area (Å²) in [7, 11) is 3.03. The first-order valence-corrected chi connectivity index (χ1v) is 54.3. The molecule has 0 amide bonds. The molecule has 12 nitrogen and oxygen atoms in total. The third-order valence-corrected chi connectivity index (χ3v) is 26.4. The second-order valence-corrected chi connectivity index (χ2v) is 47.1. The van der Waals surface area contributed by atoms with Crippen molar-refractivity contribution in [2.24, 2.45) is 0 Å². The van der Waals surface area contributed by atoms with Crippen LogP contribution in [-0.4, -0.2) is 147 Å². The number of aromatic nitrogens is 2. The first-order chi connectivity index (χ1) is 60.4. The predicted molar refractivity (Wildman–Crippen MR) is 612 cm³/mol. The van der Waals surface area contributed by atoms with Gasteiger partial charge in [0.2, 0.25) is 0 Å². The number of carbonyl (C=O) groups excluding carboxylic acids is 2. The number of methoxy groups -OCH3 is 2. The van der Waals surface area contributed by atoms with Crippen molar-refractivity contribution in [2.45, 2.75) is 170 Å². The number of halogens is 3. The summed E-state index contributed by atoms with van der Waals surface area (Å²) in [4.78, 5) is 29.0. The van der Waals surface area contributed by atoms with Crippen LogP contribution >= 0.6 is 275 Å². The van der Waals surface area contributed by atoms with Gasteiger partial charge < -0.3 is 28.4 Å². The lowest BCUT2D eigenvalue weighted by Crippen LogP contribution is -2.24. The second kappa shape index (κ2) is 92.5. The van der Waals surface area contributed by atoms with Gasteiger partial charge in [-0.3, -0.25) is 19.6 Å². The summed E-state index contributed by atoms with van der Waals surface area (Å²) in [5.74, 6) is 7.64. The number of nitrogens with zero attached hydrogens (tertiary/aromatic N) is 4. The van der Waals surface area contributed by atoms with E-state index in [0.29, 0.717) is 43.3 Å². The van der Waals surface area contributed by atoms with Gasteiger partial charge in [0.25, 0.3) is 0 Å². The monoisotopic (exact) mass is 2150 g/mol. The van der Waals surface area contributed by atoms with Crippen LogP contribution in [0, 0.1) is 36.5 Å². The molecule has 1 aromatic heterocycles. The first-order valence-electron chi connectivity index (χ1n) is 39.2. The van der Waals surface area contributed by atoms with Gasteiger partial charge in [-0.1, -0.05) is 292 Å². The minimum atomic E-state index is -0.232. The highest BCUT2D eigenvalue weighted by Gasteiger charge is 2.12. The highest BCUT2D eigenvalue weighted by atomic mass is 35.5. The molecule has 0 saturated carbocycles. The summed E-state index contributed by atoms with van der Waals surface area (Å²) < 4.78 is 39.1. The standard InChI is InChI=1S/C10H9NS2.C10H12S2.3C9H9ClS2.C9H10S2.C7H14O2S2.C7H12O2S2.C7H14O2.C5H6N2.C5H7NS2.C5H8O2S2/c1-8(12)13-7-10-4-2-9(6-11)3-5-10;1-8-3-5-10(6-4-8)7-12-9(2)11;1-7(11)12-6-8-2-4-9(10)5-3-8;1-7(11)12-6-8-3-2-4-9(10)5-8;1-7(11)12-6-8-4-2-3-5-9(8)10;1-8(10)11-7-9-5-3-2-4-6-9;1-7(10)11-6-5-9-4-3-8-2;1-3-4-9-7(8)5-11-6(2)10;1-2-4-7-8-5-3-6-9-7;1-5-4-6-2-3-7-5;1-5(7)8-4-2-3-6;1-4(8)9-3-5(6)7-2/h2-5H,7H2,1H3;3-6H,7H2,1-2H3;3*2-5H,6H2,1H3;2-6H,7H2,1H3;3-6H2,1-2H3;3-5H2,1-2H3;7H,2-6H2,1H3;2-4H,1H3;2,4H2,1H3;3H2,1-2H3. The molecule has 8 rings (SSSR count). The van der Waals surface area contributed by atoms with Crippen molar-refractivity contribution < 1.29 is 38.0 Å². The number of hydrogen-bond donors (Lipinski definition) is 0. The number of thiocarbonyl (C=S) groups is 10. The Hall–Kier alpha value is -2.57. The number of thioether (sulfide) groups is 10. The zero-order chi connectivity index (χ0) is 96.2. The van der Waals surface area contributed by atoms with E-state index in [4.69, 9.17) is 191 Å². The predicted octanol–water partition coefficient (Wildman–Crippen LogP) is 31.0. The molecular formula is C92H119Cl3N4O8S20. The minimum absolute atomic E-state index is 0.101. The van der Waals surface area contributed by atoms with Gasteiger partial charge in [-0.15, -0.1) is 118 Å². The molecule has 6 aromatic carbocycles. The molecule has 2 heterocycles. The quantitative estimate of drug-likeness (QED) is 0.0258. The lowest BCUT2D eigenvalue weighted by atomic mass is 10.2. The van der Waals surface area contributed by atoms with Crippen LogP contribution in [0.25, 0.3) is 0 Å². The van der Waals surface area contributed by atoms with Crippen molar-refractivity contribution in [1.29, 1.82) is 10.5 Å². The smallest absolute Gasteiger partial charge is 0.316 e. The Bertz CT molecular complexity index is 4210. The molecule has 1 aliphatic heterocycles. The number of nitriles is 2. The fraction of sp³-hybridized carbons (Fsp3) is 0.413. The van der Waals surface area contributed by atoms with E-state index >= 15 is 0 Å². The van der Waals surface area contributed by atoms with E-state index in [1.54, 1.807) is 134 Å². The lowest BCUT2D eigenvalue weighted by molar-refractivity contribution is -0.181. The van der Waals surface area contributed by atoms with Crippen LogP contribution in [0.2, 0.25) is 15.1 Å². The summed E-state index contributed by atoms with van der Waals surface area (Å²) in [5.41, 5.74) is 10.5. The molecule has 0 unspecified atom stereocenters. The van der Waals surface area contributed by atoms with E-state index in [-0.39, 0.29) is 18.2 Å². The molecule has 0 aliphatic carbocycles. The Balaban J connectivity index is -0.000000652. The van der Waals surface area contributed by atoms with E-state index in [9.17, 15) is 9.59 Å². The van der Waals surface area contributed by atoms with Gasteiger partial charge in [-0.2, -0.15) is 10.5 Å². The van der Waals surface area contributed by atoms with Gasteiger partial charge in [0.15, 0.2) is 6.29 Å². The Kier molecular flexibility index (Phi) is 95.2. The molecule has 7 aromatic rings. The Morgan fingerprint density at radius 2 is 0.890 bits per heavy atom. The average Bonchev–Trinajstić information content (AvgIpc) is 0.920. The SMILES string of the molecule is CC(=S)SCCC#N.CC(=S)SCc1ccc(C#N)cc1.CC(=S)SCc1ccc(C)cc1.CC(=S)SCc1ccc(Cl)cc1.CC(=S)SCc1cccc(Cl)c1.CC(=S)SCc1ccccc1.CC(=S)SCc1ccccc1Cl.CCCC1OCCCO1.CCCOC(=O)CSC(C)=S.COC(=O)CSC(C)=S.COCCOCCSC(C)=S.Cc1cnccn1. The van der Waals surface area contributed by atoms with E-state index in [1.165, 1.54) is 64.0 Å². The zero-order valence-corrected chi connectivity index (χ0v) is 93.5. The van der Waals surface area contributed by atoms with Crippen molar-refractivity contribution in [3.8, 4) is 12.1 Å². The van der Waals surface area contributed by atoms with Gasteiger partial charge in [0, 0.05) is 135 Å². The van der Waals surface area contributed by atoms with Crippen LogP contribution < -0.4 is 0 Å². The van der Waals surface area contributed by atoms with E-state index in [1.807, 2.05) is 172 Å². The lowest BCUT2D eigenvalue weighted by Gasteiger charge is -2.22. The molecule has 1 fully saturated rings. The maximum atomic E-state index is 10.8. The van der Waals surface area contributed by atoms with Crippen molar-refractivity contribution in [1.82, 2.24) is 9.97 Å². The van der Waals surface area contributed by atoms with Crippen molar-refractivity contribution >= 4 is 329 Å². The minimum Gasteiger partial charge on any atom is -0.468 e. The summed E-state index contributed by atoms with van der Waals surface area (Å²) in [5, 5.41) is 19.0. The number of carbonyl (C=O) groups is 2. The number of hydrogen-bond acceptors (Lipinski definition) is 32. The largest absolute Gasteiger partial charge is 0.468 e. The fourth-order valence-corrected chi connectivity index (χ4v) is 15.3. The molecule has 0 bridgehead atoms. The molecule has 127 heavy (non-hydrogen) atoms. The summed E-state index contributed by atoms with van der Waals surface area (Å²) in [6.07, 6.45) is 9.86. The first kappa shape index (κ1) is 131. The van der Waals surface area contributed by atoms with Crippen molar-refractivity contribution in [2.75, 3.05) is 76.9 Å². The van der Waals surface area contributed by atoms with Crippen LogP contribution in [0.4, 0.5) is 0 Å². The zero-order valence-electron chi connectivity index (χ0n) is 74.9. The summed E-state index contributed by atoms with van der Waals surface area (Å²) in [6.45, 7) is 31.5. The van der Waals surface area contributed by atoms with Crippen LogP contribution in [0.1, 0.15) is 165 Å². The van der Waals surface area contributed by atoms with Gasteiger partial charge in [-0.05, 0) is 178 Å². The third kappa shape index (κ3) is 97.8. The molecule has 1 saturated heterocycles. The highest BCUT2D eigenvalue weighted by Crippen LogP contribution is 2.23. The third-order valence-electron chi connectivity index (χ3n) is 13.5. The maximum Gasteiger partial charge on any atom is 0.316 e. The van der Waals surface area contributed by atoms with Crippen molar-refractivity contribution in [3.63, 3.8) is 0 Å². The average molecular weight is 2160 g/mol. The van der Waals surface area contributed by atoms with Crippen LogP contribution in [0.3, 0.4) is 0 Å². The van der Waals surface area contributed by atoms with E-state index in [2.05, 4.69) is 89.2 Å². The summed E-state index contributed by atoms with van der Waals surface area (Å²) >= 11 is 82.4. The Labute approximate surface area is 871 Å². The van der Waals surface area contributed by atoms with Gasteiger partial charge in [0.05, 0.1) is 81.7 Å². The number of ether oxygens (including phenoxy) is 6. The normalized spacial score (nSPS) is 10.3. The van der Waals surface area contributed by atoms with E-state index in [0.717, 1.165) is 160 Å². The van der Waals surface area contributed by atoms with Gasteiger partial charge >= 0.3 is 11.9 Å². The number of rotatable bonds is 28. The summed E-state index contributed by atoms with van der Waals surface area (Å²) in [6, 6.07) is 54.2. The molecule has 0 N–H and O–H groups in total. The van der Waals surface area contributed by atoms with Crippen LogP contribution in [-0.2, 0) is 72.5 Å². The topological polar surface area (TPSA) is 163 Å². The molecule has 35 heteroatoms.